The number of hydrogen-bond acceptors (Lipinski definition) is 5. The molecule has 0 atom stereocenters. The summed E-state index contributed by atoms with van der Waals surface area (Å²) in [4.78, 5) is 27.5. The molecular weight excluding hydrogens is 613 g/mol. The predicted octanol–water partition coefficient (Wildman–Crippen LogP) is 13.3. The Morgan fingerprint density at radius 3 is 1.40 bits per heavy atom. The Morgan fingerprint density at radius 1 is 0.562 bits per heavy atom. The molecule has 0 aliphatic carbocycles. The highest BCUT2D eigenvalue weighted by molar-refractivity contribution is 8.13. The van der Waals surface area contributed by atoms with E-state index in [1.807, 2.05) is 7.05 Å². The number of amides is 1. The van der Waals surface area contributed by atoms with E-state index >= 15 is 0 Å². The SMILES string of the molecule is CCCCCCCCCCCCCCN(CCCCCCCC(=O)OCC(CCCCCCC)CCCCCCC)C(=O)SCCNC. The van der Waals surface area contributed by atoms with Crippen molar-refractivity contribution >= 4 is 23.0 Å². The van der Waals surface area contributed by atoms with Crippen LogP contribution >= 0.6 is 11.8 Å². The largest absolute Gasteiger partial charge is 0.465 e. The summed E-state index contributed by atoms with van der Waals surface area (Å²) >= 11 is 1.46. The van der Waals surface area contributed by atoms with E-state index in [-0.39, 0.29) is 11.2 Å². The van der Waals surface area contributed by atoms with Gasteiger partial charge in [0.1, 0.15) is 0 Å². The van der Waals surface area contributed by atoms with E-state index in [0.717, 1.165) is 63.9 Å². The highest BCUT2D eigenvalue weighted by Crippen LogP contribution is 2.20. The van der Waals surface area contributed by atoms with Crippen LogP contribution in [0, 0.1) is 5.92 Å². The molecule has 0 saturated heterocycles. The van der Waals surface area contributed by atoms with Crippen LogP contribution in [-0.2, 0) is 9.53 Å². The van der Waals surface area contributed by atoms with Gasteiger partial charge in [-0.3, -0.25) is 9.59 Å². The molecule has 6 heteroatoms. The van der Waals surface area contributed by atoms with Crippen molar-refractivity contribution in [3.8, 4) is 0 Å². The number of carbonyl (C=O) groups is 2. The average molecular weight is 697 g/mol. The summed E-state index contributed by atoms with van der Waals surface area (Å²) in [5, 5.41) is 3.40. The summed E-state index contributed by atoms with van der Waals surface area (Å²) < 4.78 is 5.79. The van der Waals surface area contributed by atoms with Crippen LogP contribution in [0.5, 0.6) is 0 Å². The Hall–Kier alpha value is -0.750. The van der Waals surface area contributed by atoms with Gasteiger partial charge in [0.15, 0.2) is 0 Å². The summed E-state index contributed by atoms with van der Waals surface area (Å²) in [5.41, 5.74) is 0. The van der Waals surface area contributed by atoms with Gasteiger partial charge < -0.3 is 15.0 Å². The second kappa shape index (κ2) is 39.0. The van der Waals surface area contributed by atoms with Crippen LogP contribution in [-0.4, -0.2) is 55.2 Å². The first-order chi connectivity index (χ1) is 23.6. The number of nitrogens with one attached hydrogen (secondary N) is 1. The standard InChI is InChI=1S/C42H84N2O3S/c1-5-8-11-14-15-16-17-18-19-20-25-30-36-44(42(46)48-38-35-43-4)37-31-26-21-24-29-34-41(45)47-39-40(32-27-22-12-9-6-2)33-28-23-13-10-7-3/h40,43H,5-39H2,1-4H3. The summed E-state index contributed by atoms with van der Waals surface area (Å²) in [6, 6.07) is 0. The number of ether oxygens (including phenoxy) is 1. The molecular formula is C42H84N2O3S. The summed E-state index contributed by atoms with van der Waals surface area (Å²) in [7, 11) is 1.94. The van der Waals surface area contributed by atoms with Crippen molar-refractivity contribution in [1.82, 2.24) is 10.2 Å². The molecule has 0 aromatic carbocycles. The zero-order valence-corrected chi connectivity index (χ0v) is 33.7. The minimum Gasteiger partial charge on any atom is -0.465 e. The molecule has 286 valence electrons. The zero-order valence-electron chi connectivity index (χ0n) is 32.9. The number of unbranched alkanes of at least 4 members (excludes halogenated alkanes) is 23. The van der Waals surface area contributed by atoms with E-state index in [0.29, 0.717) is 18.9 Å². The molecule has 0 rings (SSSR count). The maximum atomic E-state index is 12.9. The fourth-order valence-electron chi connectivity index (χ4n) is 6.54. The lowest BCUT2D eigenvalue weighted by molar-refractivity contribution is -0.145. The number of carbonyl (C=O) groups excluding carboxylic acids is 2. The molecule has 0 unspecified atom stereocenters. The van der Waals surface area contributed by atoms with Gasteiger partial charge in [-0.2, -0.15) is 0 Å². The maximum absolute atomic E-state index is 12.9. The number of rotatable bonds is 38. The van der Waals surface area contributed by atoms with Crippen molar-refractivity contribution in [2.45, 2.75) is 213 Å². The third-order valence-corrected chi connectivity index (χ3v) is 10.8. The summed E-state index contributed by atoms with van der Waals surface area (Å²) in [5.74, 6) is 1.36. The molecule has 0 bridgehead atoms. The molecule has 0 spiro atoms. The molecule has 1 amide bonds. The molecule has 0 aliphatic heterocycles. The number of esters is 1. The van der Waals surface area contributed by atoms with Crippen molar-refractivity contribution in [1.29, 1.82) is 0 Å². The van der Waals surface area contributed by atoms with Crippen LogP contribution in [0.2, 0.25) is 0 Å². The van der Waals surface area contributed by atoms with Crippen molar-refractivity contribution in [2.24, 2.45) is 5.92 Å². The van der Waals surface area contributed by atoms with Gasteiger partial charge in [0.2, 0.25) is 0 Å². The van der Waals surface area contributed by atoms with Gasteiger partial charge in [-0.25, -0.2) is 0 Å². The van der Waals surface area contributed by atoms with Gasteiger partial charge >= 0.3 is 5.97 Å². The fraction of sp³-hybridized carbons (Fsp3) is 0.952. The molecule has 0 saturated carbocycles. The maximum Gasteiger partial charge on any atom is 0.305 e. The molecule has 5 nitrogen and oxygen atoms in total. The molecule has 0 fully saturated rings. The van der Waals surface area contributed by atoms with E-state index in [1.165, 1.54) is 159 Å². The highest BCUT2D eigenvalue weighted by Gasteiger charge is 2.14. The zero-order chi connectivity index (χ0) is 35.2. The quantitative estimate of drug-likeness (QED) is 0.0514. The van der Waals surface area contributed by atoms with Crippen LogP contribution in [0.1, 0.15) is 213 Å². The first-order valence-electron chi connectivity index (χ1n) is 21.3. The van der Waals surface area contributed by atoms with Gasteiger partial charge in [0.25, 0.3) is 5.24 Å². The average Bonchev–Trinajstić information content (AvgIpc) is 3.09. The van der Waals surface area contributed by atoms with Gasteiger partial charge in [-0.15, -0.1) is 0 Å². The monoisotopic (exact) mass is 697 g/mol. The van der Waals surface area contributed by atoms with Crippen molar-refractivity contribution in [3.05, 3.63) is 0 Å². The minimum absolute atomic E-state index is 0.00487. The lowest BCUT2D eigenvalue weighted by atomic mass is 9.95. The predicted molar refractivity (Wildman–Crippen MR) is 213 cm³/mol. The van der Waals surface area contributed by atoms with Gasteiger partial charge in [-0.1, -0.05) is 187 Å². The van der Waals surface area contributed by atoms with E-state index in [1.54, 1.807) is 0 Å². The minimum atomic E-state index is -0.00487. The first kappa shape index (κ1) is 47.2. The molecule has 1 N–H and O–H groups in total. The smallest absolute Gasteiger partial charge is 0.305 e. The number of thioether (sulfide) groups is 1. The molecule has 0 aliphatic rings. The Morgan fingerprint density at radius 2 is 0.958 bits per heavy atom. The van der Waals surface area contributed by atoms with E-state index in [9.17, 15) is 9.59 Å². The van der Waals surface area contributed by atoms with Gasteiger partial charge in [0, 0.05) is 31.8 Å². The lowest BCUT2D eigenvalue weighted by Gasteiger charge is -2.22. The second-order valence-corrected chi connectivity index (χ2v) is 15.6. The summed E-state index contributed by atoms with van der Waals surface area (Å²) in [6.07, 6.45) is 37.4. The van der Waals surface area contributed by atoms with Crippen LogP contribution in [0.3, 0.4) is 0 Å². The Labute approximate surface area is 305 Å². The summed E-state index contributed by atoms with van der Waals surface area (Å²) in [6.45, 7) is 10.1. The lowest BCUT2D eigenvalue weighted by Crippen LogP contribution is -2.30. The van der Waals surface area contributed by atoms with Crippen molar-refractivity contribution < 1.29 is 14.3 Å². The molecule has 0 radical (unpaired) electrons. The van der Waals surface area contributed by atoms with E-state index < -0.39 is 0 Å². The van der Waals surface area contributed by atoms with E-state index in [2.05, 4.69) is 31.0 Å². The normalized spacial score (nSPS) is 11.4. The highest BCUT2D eigenvalue weighted by atomic mass is 32.2. The Kier molecular flexibility index (Phi) is 38.4. The number of hydrogen-bond donors (Lipinski definition) is 1. The first-order valence-corrected chi connectivity index (χ1v) is 22.3. The Balaban J connectivity index is 4.19. The molecule has 48 heavy (non-hydrogen) atoms. The molecule has 0 aromatic heterocycles. The topological polar surface area (TPSA) is 58.6 Å². The van der Waals surface area contributed by atoms with Crippen molar-refractivity contribution in [2.75, 3.05) is 39.0 Å². The van der Waals surface area contributed by atoms with Crippen LogP contribution in [0.4, 0.5) is 4.79 Å². The van der Waals surface area contributed by atoms with Crippen LogP contribution in [0.15, 0.2) is 0 Å². The van der Waals surface area contributed by atoms with Gasteiger partial charge in [-0.05, 0) is 45.1 Å². The van der Waals surface area contributed by atoms with Gasteiger partial charge in [0.05, 0.1) is 6.61 Å². The van der Waals surface area contributed by atoms with Crippen molar-refractivity contribution in [3.63, 3.8) is 0 Å². The number of nitrogens with zero attached hydrogens (tertiary/aromatic N) is 1. The van der Waals surface area contributed by atoms with E-state index in [4.69, 9.17) is 4.74 Å². The third-order valence-electron chi connectivity index (χ3n) is 9.84. The molecule has 0 heterocycles. The second-order valence-electron chi connectivity index (χ2n) is 14.6. The molecule has 0 aromatic rings. The van der Waals surface area contributed by atoms with Crippen LogP contribution < -0.4 is 5.32 Å². The fourth-order valence-corrected chi connectivity index (χ4v) is 7.39. The third kappa shape index (κ3) is 33.7. The Bertz CT molecular complexity index is 663. The van der Waals surface area contributed by atoms with Crippen LogP contribution in [0.25, 0.3) is 0 Å².